The number of rotatable bonds is 6. The first kappa shape index (κ1) is 14.7. The third-order valence-corrected chi connectivity index (χ3v) is 2.52. The van der Waals surface area contributed by atoms with Gasteiger partial charge in [-0.25, -0.2) is 0 Å². The van der Waals surface area contributed by atoms with E-state index in [1.165, 1.54) is 12.2 Å². The molecule has 0 unspecified atom stereocenters. The summed E-state index contributed by atoms with van der Waals surface area (Å²) in [6, 6.07) is 0. The van der Waals surface area contributed by atoms with Crippen LogP contribution in [0.2, 0.25) is 0 Å². The fourth-order valence-corrected chi connectivity index (χ4v) is 1.42. The van der Waals surface area contributed by atoms with E-state index in [0.717, 1.165) is 0 Å². The van der Waals surface area contributed by atoms with Gasteiger partial charge in [0.25, 0.3) is 0 Å². The number of hydrogen-bond acceptors (Lipinski definition) is 2. The molecule has 4 nitrogen and oxygen atoms in total. The monoisotopic (exact) mass is 226 g/mol. The van der Waals surface area contributed by atoms with Crippen LogP contribution in [0.3, 0.4) is 0 Å². The van der Waals surface area contributed by atoms with E-state index < -0.39 is 0 Å². The average Bonchev–Trinajstić information content (AvgIpc) is 2.29. The van der Waals surface area contributed by atoms with Gasteiger partial charge in [0.1, 0.15) is 0 Å². The molecular formula is C12H22N2O2. The predicted octanol–water partition coefficient (Wildman–Crippen LogP) is 1.28. The summed E-state index contributed by atoms with van der Waals surface area (Å²) in [6.45, 7) is 10.3. The van der Waals surface area contributed by atoms with Crippen LogP contribution >= 0.6 is 0 Å². The summed E-state index contributed by atoms with van der Waals surface area (Å²) in [4.78, 5) is 26.5. The minimum atomic E-state index is -0.106. The third-order valence-electron chi connectivity index (χ3n) is 2.52. The first-order valence-corrected chi connectivity index (χ1v) is 5.86. The number of likely N-dealkylation sites (N-methyl/N-ethyl adjacent to an activating group) is 2. The van der Waals surface area contributed by atoms with E-state index in [2.05, 4.69) is 0 Å². The minimum absolute atomic E-state index is 0.106. The van der Waals surface area contributed by atoms with Crippen molar-refractivity contribution in [3.8, 4) is 0 Å². The van der Waals surface area contributed by atoms with E-state index in [9.17, 15) is 9.59 Å². The quantitative estimate of drug-likeness (QED) is 0.640. The van der Waals surface area contributed by atoms with Gasteiger partial charge in [-0.15, -0.1) is 0 Å². The van der Waals surface area contributed by atoms with Crippen LogP contribution in [0.5, 0.6) is 0 Å². The molecule has 16 heavy (non-hydrogen) atoms. The highest BCUT2D eigenvalue weighted by Gasteiger charge is 2.08. The zero-order chi connectivity index (χ0) is 12.6. The van der Waals surface area contributed by atoms with Crippen molar-refractivity contribution in [1.29, 1.82) is 0 Å². The first-order valence-electron chi connectivity index (χ1n) is 5.86. The summed E-state index contributed by atoms with van der Waals surface area (Å²) >= 11 is 0. The van der Waals surface area contributed by atoms with Gasteiger partial charge in [-0.2, -0.15) is 0 Å². The maximum absolute atomic E-state index is 11.6. The minimum Gasteiger partial charge on any atom is -0.340 e. The molecule has 0 radical (unpaired) electrons. The largest absolute Gasteiger partial charge is 0.340 e. The summed E-state index contributed by atoms with van der Waals surface area (Å²) in [5.41, 5.74) is 0. The Morgan fingerprint density at radius 1 is 0.750 bits per heavy atom. The lowest BCUT2D eigenvalue weighted by molar-refractivity contribution is -0.128. The first-order chi connectivity index (χ1) is 7.60. The van der Waals surface area contributed by atoms with Crippen molar-refractivity contribution in [2.45, 2.75) is 27.7 Å². The van der Waals surface area contributed by atoms with Gasteiger partial charge in [0.2, 0.25) is 11.8 Å². The van der Waals surface area contributed by atoms with E-state index in [4.69, 9.17) is 0 Å². The second kappa shape index (κ2) is 7.91. The molecule has 0 atom stereocenters. The predicted molar refractivity (Wildman–Crippen MR) is 65.0 cm³/mol. The zero-order valence-electron chi connectivity index (χ0n) is 10.7. The Morgan fingerprint density at radius 3 is 1.19 bits per heavy atom. The maximum Gasteiger partial charge on any atom is 0.246 e. The molecule has 0 aromatic heterocycles. The smallest absolute Gasteiger partial charge is 0.246 e. The van der Waals surface area contributed by atoms with Crippen molar-refractivity contribution in [2.75, 3.05) is 26.2 Å². The number of amides is 2. The topological polar surface area (TPSA) is 40.6 Å². The molecule has 0 aliphatic heterocycles. The molecule has 2 amide bonds. The van der Waals surface area contributed by atoms with Crippen LogP contribution in [-0.2, 0) is 9.59 Å². The van der Waals surface area contributed by atoms with Crippen LogP contribution in [0.15, 0.2) is 12.2 Å². The Morgan fingerprint density at radius 2 is 1.00 bits per heavy atom. The van der Waals surface area contributed by atoms with Gasteiger partial charge in [-0.3, -0.25) is 9.59 Å². The normalized spacial score (nSPS) is 10.5. The number of hydrogen-bond donors (Lipinski definition) is 0. The van der Waals surface area contributed by atoms with E-state index in [1.54, 1.807) is 9.80 Å². The van der Waals surface area contributed by atoms with Gasteiger partial charge in [0.05, 0.1) is 0 Å². The molecule has 0 bridgehead atoms. The van der Waals surface area contributed by atoms with Gasteiger partial charge in [-0.05, 0) is 27.7 Å². The Bertz CT molecular complexity index is 228. The van der Waals surface area contributed by atoms with Crippen LogP contribution in [0.25, 0.3) is 0 Å². The zero-order valence-corrected chi connectivity index (χ0v) is 10.7. The molecule has 0 heterocycles. The molecule has 0 saturated heterocycles. The van der Waals surface area contributed by atoms with Crippen molar-refractivity contribution >= 4 is 11.8 Å². The molecule has 0 N–H and O–H groups in total. The second-order valence-electron chi connectivity index (χ2n) is 3.35. The van der Waals surface area contributed by atoms with Crippen molar-refractivity contribution in [1.82, 2.24) is 9.80 Å². The summed E-state index contributed by atoms with van der Waals surface area (Å²) in [7, 11) is 0. The summed E-state index contributed by atoms with van der Waals surface area (Å²) in [6.07, 6.45) is 2.71. The molecular weight excluding hydrogens is 204 g/mol. The van der Waals surface area contributed by atoms with Crippen molar-refractivity contribution in [2.24, 2.45) is 0 Å². The average molecular weight is 226 g/mol. The lowest BCUT2D eigenvalue weighted by Gasteiger charge is -2.17. The maximum atomic E-state index is 11.6. The van der Waals surface area contributed by atoms with Crippen LogP contribution in [0.1, 0.15) is 27.7 Å². The number of nitrogens with zero attached hydrogens (tertiary/aromatic N) is 2. The highest BCUT2D eigenvalue weighted by Crippen LogP contribution is 1.94. The lowest BCUT2D eigenvalue weighted by atomic mass is 10.3. The SMILES string of the molecule is CCN(CC)C(=O)C=CC(=O)N(CC)CC. The van der Waals surface area contributed by atoms with Crippen molar-refractivity contribution in [3.63, 3.8) is 0 Å². The van der Waals surface area contributed by atoms with Gasteiger partial charge in [0.15, 0.2) is 0 Å². The van der Waals surface area contributed by atoms with E-state index >= 15 is 0 Å². The van der Waals surface area contributed by atoms with E-state index in [1.807, 2.05) is 27.7 Å². The van der Waals surface area contributed by atoms with Gasteiger partial charge in [0, 0.05) is 38.3 Å². The molecule has 0 saturated carbocycles. The Kier molecular flexibility index (Phi) is 7.25. The van der Waals surface area contributed by atoms with E-state index in [0.29, 0.717) is 26.2 Å². The molecule has 0 aromatic carbocycles. The second-order valence-corrected chi connectivity index (χ2v) is 3.35. The van der Waals surface area contributed by atoms with Gasteiger partial charge < -0.3 is 9.80 Å². The van der Waals surface area contributed by atoms with Crippen molar-refractivity contribution in [3.05, 3.63) is 12.2 Å². The Labute approximate surface area is 97.9 Å². The van der Waals surface area contributed by atoms with Crippen LogP contribution in [0, 0.1) is 0 Å². The highest BCUT2D eigenvalue weighted by molar-refractivity contribution is 5.96. The molecule has 0 aliphatic rings. The summed E-state index contributed by atoms with van der Waals surface area (Å²) in [5.74, 6) is -0.212. The number of carbonyl (C=O) groups excluding carboxylic acids is 2. The Hall–Kier alpha value is -1.32. The van der Waals surface area contributed by atoms with Gasteiger partial charge >= 0.3 is 0 Å². The molecule has 4 heteroatoms. The lowest BCUT2D eigenvalue weighted by Crippen LogP contribution is -2.31. The highest BCUT2D eigenvalue weighted by atomic mass is 16.2. The van der Waals surface area contributed by atoms with Crippen LogP contribution in [0.4, 0.5) is 0 Å². The fourth-order valence-electron chi connectivity index (χ4n) is 1.42. The molecule has 92 valence electrons. The molecule has 0 rings (SSSR count). The van der Waals surface area contributed by atoms with Crippen LogP contribution < -0.4 is 0 Å². The molecule has 0 spiro atoms. The molecule has 0 aliphatic carbocycles. The van der Waals surface area contributed by atoms with Crippen molar-refractivity contribution < 1.29 is 9.59 Å². The standard InChI is InChI=1S/C12H22N2O2/c1-5-13(6-2)11(15)9-10-12(16)14(7-3)8-4/h9-10H,5-8H2,1-4H3. The van der Waals surface area contributed by atoms with E-state index in [-0.39, 0.29) is 11.8 Å². The summed E-state index contributed by atoms with van der Waals surface area (Å²) in [5, 5.41) is 0. The van der Waals surface area contributed by atoms with Gasteiger partial charge in [-0.1, -0.05) is 0 Å². The van der Waals surface area contributed by atoms with Crippen LogP contribution in [-0.4, -0.2) is 47.8 Å². The summed E-state index contributed by atoms with van der Waals surface area (Å²) < 4.78 is 0. The molecule has 0 fully saturated rings. The fraction of sp³-hybridized carbons (Fsp3) is 0.667. The third kappa shape index (κ3) is 4.47. The Balaban J connectivity index is 4.37. The number of carbonyl (C=O) groups is 2. The molecule has 0 aromatic rings.